The Kier molecular flexibility index (Phi) is 9.55. The van der Waals surface area contributed by atoms with Gasteiger partial charge in [0.1, 0.15) is 11.6 Å². The quantitative estimate of drug-likeness (QED) is 0.298. The van der Waals surface area contributed by atoms with Crippen LogP contribution in [-0.4, -0.2) is 28.6 Å². The van der Waals surface area contributed by atoms with Crippen molar-refractivity contribution in [3.63, 3.8) is 0 Å². The van der Waals surface area contributed by atoms with Crippen LogP contribution in [0.5, 0.6) is 5.75 Å². The van der Waals surface area contributed by atoms with Crippen LogP contribution in [-0.2, 0) is 17.8 Å². The summed E-state index contributed by atoms with van der Waals surface area (Å²) in [5, 5.41) is 3.00. The van der Waals surface area contributed by atoms with Crippen molar-refractivity contribution in [3.8, 4) is 5.75 Å². The Hall–Kier alpha value is -2.82. The summed E-state index contributed by atoms with van der Waals surface area (Å²) in [5.74, 6) is 2.78. The van der Waals surface area contributed by atoms with Gasteiger partial charge in [-0.1, -0.05) is 58.4 Å². The molecule has 5 heteroatoms. The number of imidazole rings is 1. The van der Waals surface area contributed by atoms with Gasteiger partial charge >= 0.3 is 0 Å². The highest BCUT2D eigenvalue weighted by Gasteiger charge is 2.12. The molecule has 0 aliphatic rings. The Labute approximate surface area is 204 Å². The fraction of sp³-hybridized carbons (Fsp3) is 0.517. The lowest BCUT2D eigenvalue weighted by molar-refractivity contribution is -0.123. The second kappa shape index (κ2) is 12.6. The number of nitrogens with zero attached hydrogens (tertiary/aromatic N) is 2. The molecule has 0 aliphatic carbocycles. The van der Waals surface area contributed by atoms with E-state index in [4.69, 9.17) is 9.72 Å². The van der Waals surface area contributed by atoms with Crippen molar-refractivity contribution in [1.29, 1.82) is 0 Å². The van der Waals surface area contributed by atoms with Crippen LogP contribution in [0, 0.1) is 12.8 Å². The van der Waals surface area contributed by atoms with E-state index < -0.39 is 0 Å². The first-order chi connectivity index (χ1) is 16.4. The Balaban J connectivity index is 1.55. The van der Waals surface area contributed by atoms with E-state index in [0.29, 0.717) is 12.5 Å². The molecule has 0 aliphatic heterocycles. The van der Waals surface area contributed by atoms with E-state index in [1.807, 2.05) is 13.8 Å². The maximum atomic E-state index is 11.7. The van der Waals surface area contributed by atoms with Crippen molar-refractivity contribution in [2.24, 2.45) is 5.92 Å². The number of para-hydroxylation sites is 2. The van der Waals surface area contributed by atoms with Gasteiger partial charge in [-0.05, 0) is 61.4 Å². The normalized spacial score (nSPS) is 11.5. The fourth-order valence-corrected chi connectivity index (χ4v) is 4.21. The second-order valence-corrected chi connectivity index (χ2v) is 9.82. The van der Waals surface area contributed by atoms with Gasteiger partial charge < -0.3 is 14.6 Å². The molecular formula is C29H41N3O2. The number of hydrogen-bond donors (Lipinski definition) is 1. The predicted octanol–water partition coefficient (Wildman–Crippen LogP) is 6.42. The van der Waals surface area contributed by atoms with Crippen LogP contribution in [0.3, 0.4) is 0 Å². The summed E-state index contributed by atoms with van der Waals surface area (Å²) in [6.45, 7) is 12.7. The van der Waals surface area contributed by atoms with Crippen molar-refractivity contribution in [2.45, 2.75) is 79.2 Å². The summed E-state index contributed by atoms with van der Waals surface area (Å²) in [6, 6.07) is 14.9. The number of nitrogens with one attached hydrogen (secondary N) is 1. The standard InChI is InChI=1S/C29H41N3O2/c1-21(2)24-16-15-23(5)20-27(24)34-19-11-18-32-26-13-9-8-12-25(26)31-28(32)14-7-6-10-17-30-29(33)22(3)4/h8-9,12-13,15-16,20-22H,6-7,10-11,14,17-19H2,1-5H3,(H,30,33). The average molecular weight is 464 g/mol. The number of aromatic nitrogens is 2. The third-order valence-corrected chi connectivity index (χ3v) is 6.21. The van der Waals surface area contributed by atoms with Gasteiger partial charge in [-0.3, -0.25) is 4.79 Å². The second-order valence-electron chi connectivity index (χ2n) is 9.82. The maximum Gasteiger partial charge on any atom is 0.222 e. The third-order valence-electron chi connectivity index (χ3n) is 6.21. The lowest BCUT2D eigenvalue weighted by Crippen LogP contribution is -2.28. The zero-order valence-corrected chi connectivity index (χ0v) is 21.6. The molecule has 1 heterocycles. The number of aryl methyl sites for hydroxylation is 3. The SMILES string of the molecule is Cc1ccc(C(C)C)c(OCCCn2c(CCCCCNC(=O)C(C)C)nc3ccccc32)c1. The lowest BCUT2D eigenvalue weighted by Gasteiger charge is -2.15. The summed E-state index contributed by atoms with van der Waals surface area (Å²) < 4.78 is 8.58. The van der Waals surface area contributed by atoms with E-state index >= 15 is 0 Å². The van der Waals surface area contributed by atoms with Gasteiger partial charge in [0.2, 0.25) is 5.91 Å². The maximum absolute atomic E-state index is 11.7. The number of fused-ring (bicyclic) bond motifs is 1. The summed E-state index contributed by atoms with van der Waals surface area (Å²) in [6.07, 6.45) is 5.03. The van der Waals surface area contributed by atoms with Crippen LogP contribution in [0.25, 0.3) is 11.0 Å². The number of amides is 1. The van der Waals surface area contributed by atoms with E-state index in [9.17, 15) is 4.79 Å². The Morgan fingerprint density at radius 1 is 1.03 bits per heavy atom. The van der Waals surface area contributed by atoms with Gasteiger partial charge in [-0.25, -0.2) is 4.98 Å². The molecule has 0 fully saturated rings. The number of carbonyl (C=O) groups excluding carboxylic acids is 1. The van der Waals surface area contributed by atoms with Crippen LogP contribution in [0.2, 0.25) is 0 Å². The molecule has 1 aromatic heterocycles. The monoisotopic (exact) mass is 463 g/mol. The summed E-state index contributed by atoms with van der Waals surface area (Å²) in [5.41, 5.74) is 4.75. The molecule has 1 N–H and O–H groups in total. The number of benzene rings is 2. The van der Waals surface area contributed by atoms with E-state index in [2.05, 4.69) is 73.1 Å². The van der Waals surface area contributed by atoms with Crippen molar-refractivity contribution >= 4 is 16.9 Å². The van der Waals surface area contributed by atoms with Crippen molar-refractivity contribution < 1.29 is 9.53 Å². The van der Waals surface area contributed by atoms with Crippen LogP contribution >= 0.6 is 0 Å². The minimum absolute atomic E-state index is 0.0479. The Morgan fingerprint density at radius 3 is 2.59 bits per heavy atom. The number of rotatable bonds is 13. The number of unbranched alkanes of at least 4 members (excludes halogenated alkanes) is 2. The zero-order chi connectivity index (χ0) is 24.5. The molecule has 0 spiro atoms. The molecule has 0 atom stereocenters. The van der Waals surface area contributed by atoms with E-state index in [0.717, 1.165) is 62.3 Å². The molecule has 5 nitrogen and oxygen atoms in total. The fourth-order valence-electron chi connectivity index (χ4n) is 4.21. The third kappa shape index (κ3) is 7.09. The van der Waals surface area contributed by atoms with Gasteiger partial charge in [-0.15, -0.1) is 0 Å². The summed E-state index contributed by atoms with van der Waals surface area (Å²) >= 11 is 0. The first-order valence-corrected chi connectivity index (χ1v) is 12.8. The molecular weight excluding hydrogens is 422 g/mol. The van der Waals surface area contributed by atoms with Gasteiger partial charge in [0.05, 0.1) is 17.6 Å². The van der Waals surface area contributed by atoms with Crippen molar-refractivity contribution in [2.75, 3.05) is 13.2 Å². The highest BCUT2D eigenvalue weighted by Crippen LogP contribution is 2.27. The molecule has 0 bridgehead atoms. The highest BCUT2D eigenvalue weighted by molar-refractivity contribution is 5.77. The summed E-state index contributed by atoms with van der Waals surface area (Å²) in [7, 11) is 0. The molecule has 3 aromatic rings. The van der Waals surface area contributed by atoms with Gasteiger partial charge in [-0.2, -0.15) is 0 Å². The molecule has 0 radical (unpaired) electrons. The van der Waals surface area contributed by atoms with Crippen molar-refractivity contribution in [1.82, 2.24) is 14.9 Å². The van der Waals surface area contributed by atoms with Crippen molar-refractivity contribution in [3.05, 3.63) is 59.4 Å². The van der Waals surface area contributed by atoms with E-state index in [1.165, 1.54) is 16.6 Å². The molecule has 0 saturated heterocycles. The molecule has 0 unspecified atom stereocenters. The summed E-state index contributed by atoms with van der Waals surface area (Å²) in [4.78, 5) is 16.6. The molecule has 2 aromatic carbocycles. The number of ether oxygens (including phenoxy) is 1. The molecule has 0 saturated carbocycles. The molecule has 34 heavy (non-hydrogen) atoms. The van der Waals surface area contributed by atoms with Gasteiger partial charge in [0.15, 0.2) is 0 Å². The minimum atomic E-state index is 0.0479. The van der Waals surface area contributed by atoms with Crippen LogP contribution in [0.4, 0.5) is 0 Å². The number of carbonyl (C=O) groups is 1. The zero-order valence-electron chi connectivity index (χ0n) is 21.6. The molecule has 184 valence electrons. The van der Waals surface area contributed by atoms with E-state index in [1.54, 1.807) is 0 Å². The minimum Gasteiger partial charge on any atom is -0.493 e. The van der Waals surface area contributed by atoms with Gasteiger partial charge in [0, 0.05) is 25.4 Å². The molecule has 3 rings (SSSR count). The largest absolute Gasteiger partial charge is 0.493 e. The topological polar surface area (TPSA) is 56.1 Å². The predicted molar refractivity (Wildman–Crippen MR) is 141 cm³/mol. The van der Waals surface area contributed by atoms with E-state index in [-0.39, 0.29) is 11.8 Å². The Morgan fingerprint density at radius 2 is 1.82 bits per heavy atom. The highest BCUT2D eigenvalue weighted by atomic mass is 16.5. The first-order valence-electron chi connectivity index (χ1n) is 12.8. The van der Waals surface area contributed by atoms with Crippen LogP contribution in [0.1, 0.15) is 76.2 Å². The first kappa shape index (κ1) is 25.8. The Bertz CT molecular complexity index is 1070. The number of hydrogen-bond acceptors (Lipinski definition) is 3. The smallest absolute Gasteiger partial charge is 0.222 e. The van der Waals surface area contributed by atoms with Gasteiger partial charge in [0.25, 0.3) is 0 Å². The van der Waals surface area contributed by atoms with Crippen LogP contribution < -0.4 is 10.1 Å². The lowest BCUT2D eigenvalue weighted by atomic mass is 10.0. The average Bonchev–Trinajstić information content (AvgIpc) is 3.15. The van der Waals surface area contributed by atoms with Crippen LogP contribution in [0.15, 0.2) is 42.5 Å². The molecule has 1 amide bonds.